The Balaban J connectivity index is 1.79. The molecular weight excluding hydrogens is 316 g/mol. The summed E-state index contributed by atoms with van der Waals surface area (Å²) in [6, 6.07) is 4.77. The fourth-order valence-corrected chi connectivity index (χ4v) is 4.56. The van der Waals surface area contributed by atoms with Gasteiger partial charge in [-0.25, -0.2) is 0 Å². The highest BCUT2D eigenvalue weighted by atomic mass is 32.2. The largest absolute Gasteiger partial charge is 0.497 e. The fraction of sp³-hybridized carbons (Fsp3) is 0.500. The lowest BCUT2D eigenvalue weighted by molar-refractivity contribution is -0.135. The maximum atomic E-state index is 12.7. The van der Waals surface area contributed by atoms with E-state index in [4.69, 9.17) is 9.47 Å². The van der Waals surface area contributed by atoms with Crippen molar-refractivity contribution >= 4 is 29.3 Å². The number of amides is 2. The zero-order chi connectivity index (χ0) is 16.6. The van der Waals surface area contributed by atoms with Crippen molar-refractivity contribution in [3.05, 3.63) is 18.2 Å². The smallest absolute Gasteiger partial charge is 0.248 e. The summed E-state index contributed by atoms with van der Waals surface area (Å²) in [7, 11) is 3.11. The normalized spacial score (nSPS) is 26.1. The van der Waals surface area contributed by atoms with Gasteiger partial charge in [0.15, 0.2) is 0 Å². The quantitative estimate of drug-likeness (QED) is 0.912. The number of ether oxygens (including phenoxy) is 2. The average Bonchev–Trinajstić information content (AvgIpc) is 3.04. The predicted octanol–water partition coefficient (Wildman–Crippen LogP) is 2.10. The van der Waals surface area contributed by atoms with E-state index in [0.29, 0.717) is 29.4 Å². The third-order valence-corrected chi connectivity index (χ3v) is 5.92. The number of benzene rings is 1. The van der Waals surface area contributed by atoms with Gasteiger partial charge in [-0.05, 0) is 25.5 Å². The Morgan fingerprint density at radius 2 is 2.17 bits per heavy atom. The molecule has 3 rings (SSSR count). The van der Waals surface area contributed by atoms with E-state index in [1.54, 1.807) is 42.0 Å². The predicted molar refractivity (Wildman–Crippen MR) is 88.9 cm³/mol. The van der Waals surface area contributed by atoms with Crippen LogP contribution < -0.4 is 14.8 Å². The topological polar surface area (TPSA) is 67.9 Å². The molecule has 2 amide bonds. The number of hydrogen-bond acceptors (Lipinski definition) is 5. The highest BCUT2D eigenvalue weighted by Crippen LogP contribution is 2.47. The summed E-state index contributed by atoms with van der Waals surface area (Å²) in [6.07, 6.45) is 1.31. The lowest BCUT2D eigenvalue weighted by Gasteiger charge is -2.30. The summed E-state index contributed by atoms with van der Waals surface area (Å²) in [6.45, 7) is 2.03. The molecule has 23 heavy (non-hydrogen) atoms. The Labute approximate surface area is 139 Å². The summed E-state index contributed by atoms with van der Waals surface area (Å²) in [4.78, 5) is 26.3. The average molecular weight is 336 g/mol. The molecule has 2 saturated heterocycles. The molecule has 0 saturated carbocycles. The molecule has 2 aliphatic heterocycles. The Morgan fingerprint density at radius 1 is 1.39 bits per heavy atom. The minimum Gasteiger partial charge on any atom is -0.497 e. The molecule has 2 atom stereocenters. The third kappa shape index (κ3) is 2.73. The maximum absolute atomic E-state index is 12.7. The summed E-state index contributed by atoms with van der Waals surface area (Å²) in [5, 5.41) is 2.88. The number of rotatable bonds is 4. The van der Waals surface area contributed by atoms with Gasteiger partial charge in [-0.15, -0.1) is 11.8 Å². The number of fused-ring (bicyclic) bond motifs is 1. The molecule has 0 bridgehead atoms. The number of anilines is 1. The summed E-state index contributed by atoms with van der Waals surface area (Å²) < 4.78 is 10.5. The molecular formula is C16H20N2O4S. The van der Waals surface area contributed by atoms with Crippen LogP contribution in [-0.2, 0) is 9.59 Å². The minimum atomic E-state index is -0.438. The standard InChI is InChI=1S/C16H20N2O4S/c1-16-7-6-14(19)18(16)12(9-23-16)15(20)17-11-5-4-10(21-2)8-13(11)22-3/h4-5,8,12H,6-7,9H2,1-3H3,(H,17,20). The van der Waals surface area contributed by atoms with E-state index < -0.39 is 6.04 Å². The molecule has 1 aromatic rings. The molecule has 1 N–H and O–H groups in total. The van der Waals surface area contributed by atoms with Gasteiger partial charge in [0.2, 0.25) is 11.8 Å². The zero-order valence-corrected chi connectivity index (χ0v) is 14.2. The summed E-state index contributed by atoms with van der Waals surface area (Å²) in [5.41, 5.74) is 0.573. The summed E-state index contributed by atoms with van der Waals surface area (Å²) in [5.74, 6) is 1.67. The van der Waals surface area contributed by atoms with Gasteiger partial charge < -0.3 is 19.7 Å². The Kier molecular flexibility index (Phi) is 4.14. The highest BCUT2D eigenvalue weighted by Gasteiger charge is 2.52. The number of hydrogen-bond donors (Lipinski definition) is 1. The monoisotopic (exact) mass is 336 g/mol. The first-order valence-electron chi connectivity index (χ1n) is 7.47. The second kappa shape index (κ2) is 5.96. The molecule has 2 aliphatic rings. The van der Waals surface area contributed by atoms with E-state index in [0.717, 1.165) is 6.42 Å². The highest BCUT2D eigenvalue weighted by molar-refractivity contribution is 8.01. The zero-order valence-electron chi connectivity index (χ0n) is 13.4. The van der Waals surface area contributed by atoms with Crippen LogP contribution in [0.3, 0.4) is 0 Å². The Morgan fingerprint density at radius 3 is 2.87 bits per heavy atom. The molecule has 2 unspecified atom stereocenters. The van der Waals surface area contributed by atoms with Crippen LogP contribution in [0.1, 0.15) is 19.8 Å². The molecule has 1 aromatic carbocycles. The van der Waals surface area contributed by atoms with E-state index in [1.807, 2.05) is 6.92 Å². The van der Waals surface area contributed by atoms with Crippen molar-refractivity contribution < 1.29 is 19.1 Å². The van der Waals surface area contributed by atoms with Crippen LogP contribution >= 0.6 is 11.8 Å². The lowest BCUT2D eigenvalue weighted by Crippen LogP contribution is -2.48. The van der Waals surface area contributed by atoms with Gasteiger partial charge in [-0.3, -0.25) is 9.59 Å². The Bertz CT molecular complexity index is 651. The van der Waals surface area contributed by atoms with Gasteiger partial charge in [0.1, 0.15) is 17.5 Å². The van der Waals surface area contributed by atoms with Crippen molar-refractivity contribution in [3.8, 4) is 11.5 Å². The van der Waals surface area contributed by atoms with Crippen molar-refractivity contribution in [2.75, 3.05) is 25.3 Å². The van der Waals surface area contributed by atoms with Gasteiger partial charge in [-0.2, -0.15) is 0 Å². The molecule has 0 aromatic heterocycles. The van der Waals surface area contributed by atoms with E-state index in [2.05, 4.69) is 5.32 Å². The number of carbonyl (C=O) groups excluding carboxylic acids is 2. The lowest BCUT2D eigenvalue weighted by atomic mass is 10.2. The van der Waals surface area contributed by atoms with Crippen LogP contribution in [-0.4, -0.2) is 47.6 Å². The van der Waals surface area contributed by atoms with Crippen molar-refractivity contribution in [3.63, 3.8) is 0 Å². The van der Waals surface area contributed by atoms with Crippen LogP contribution in [0.15, 0.2) is 18.2 Å². The van der Waals surface area contributed by atoms with Crippen molar-refractivity contribution in [2.45, 2.75) is 30.7 Å². The first-order chi connectivity index (χ1) is 11.0. The number of nitrogens with zero attached hydrogens (tertiary/aromatic N) is 1. The number of methoxy groups -OCH3 is 2. The second-order valence-corrected chi connectivity index (χ2v) is 7.32. The van der Waals surface area contributed by atoms with Crippen LogP contribution in [0, 0.1) is 0 Å². The van der Waals surface area contributed by atoms with E-state index in [9.17, 15) is 9.59 Å². The number of nitrogens with one attached hydrogen (secondary N) is 1. The van der Waals surface area contributed by atoms with E-state index >= 15 is 0 Å². The van der Waals surface area contributed by atoms with Crippen molar-refractivity contribution in [1.29, 1.82) is 0 Å². The number of thioether (sulfide) groups is 1. The van der Waals surface area contributed by atoms with E-state index in [1.165, 1.54) is 7.11 Å². The Hall–Kier alpha value is -1.89. The molecule has 0 radical (unpaired) electrons. The molecule has 124 valence electrons. The van der Waals surface area contributed by atoms with Crippen LogP contribution in [0.4, 0.5) is 5.69 Å². The first kappa shape index (κ1) is 16.0. The van der Waals surface area contributed by atoms with Crippen molar-refractivity contribution in [2.24, 2.45) is 0 Å². The number of carbonyl (C=O) groups is 2. The second-order valence-electron chi connectivity index (χ2n) is 5.82. The minimum absolute atomic E-state index is 0.0549. The van der Waals surface area contributed by atoms with Gasteiger partial charge in [-0.1, -0.05) is 0 Å². The molecule has 0 spiro atoms. The molecule has 2 heterocycles. The SMILES string of the molecule is COc1ccc(NC(=O)C2CSC3(C)CCC(=O)N23)c(OC)c1. The molecule has 7 heteroatoms. The molecule has 2 fully saturated rings. The fourth-order valence-electron chi connectivity index (χ4n) is 3.13. The van der Waals surface area contributed by atoms with E-state index in [-0.39, 0.29) is 16.7 Å². The maximum Gasteiger partial charge on any atom is 0.248 e. The van der Waals surface area contributed by atoms with Crippen LogP contribution in [0.25, 0.3) is 0 Å². The first-order valence-corrected chi connectivity index (χ1v) is 8.46. The van der Waals surface area contributed by atoms with Gasteiger partial charge in [0, 0.05) is 18.2 Å². The molecule has 0 aliphatic carbocycles. The molecule has 6 nitrogen and oxygen atoms in total. The summed E-state index contributed by atoms with van der Waals surface area (Å²) >= 11 is 1.68. The third-order valence-electron chi connectivity index (χ3n) is 4.41. The van der Waals surface area contributed by atoms with Gasteiger partial charge in [0.25, 0.3) is 0 Å². The van der Waals surface area contributed by atoms with Crippen LogP contribution in [0.2, 0.25) is 0 Å². The van der Waals surface area contributed by atoms with Crippen molar-refractivity contribution in [1.82, 2.24) is 4.90 Å². The van der Waals surface area contributed by atoms with Gasteiger partial charge in [0.05, 0.1) is 24.8 Å². The van der Waals surface area contributed by atoms with Crippen LogP contribution in [0.5, 0.6) is 11.5 Å². The van der Waals surface area contributed by atoms with Gasteiger partial charge >= 0.3 is 0 Å².